The lowest BCUT2D eigenvalue weighted by atomic mass is 9.67. The molecule has 1 aliphatic carbocycles. The molecule has 0 unspecified atom stereocenters. The molecule has 0 bridgehead atoms. The first-order chi connectivity index (χ1) is 12.2. The minimum atomic E-state index is -0.0740. The Morgan fingerprint density at radius 1 is 1.40 bits per heavy atom. The number of tetrazole rings is 1. The van der Waals surface area contributed by atoms with Gasteiger partial charge in [0, 0.05) is 42.7 Å². The van der Waals surface area contributed by atoms with Crippen LogP contribution in [0.4, 0.5) is 0 Å². The molecule has 8 nitrogen and oxygen atoms in total. The maximum atomic E-state index is 12.6. The number of ether oxygens (including phenoxy) is 2. The first-order valence-electron chi connectivity index (χ1n) is 8.43. The maximum absolute atomic E-state index is 12.6. The summed E-state index contributed by atoms with van der Waals surface area (Å²) in [4.78, 5) is 14.0. The number of carbonyl (C=O) groups is 1. The summed E-state index contributed by atoms with van der Waals surface area (Å²) in [6.07, 6.45) is 1.21. The third kappa shape index (κ3) is 2.91. The zero-order valence-electron chi connectivity index (χ0n) is 14.3. The number of hydrogen-bond donors (Lipinski definition) is 1. The van der Waals surface area contributed by atoms with Crippen molar-refractivity contribution in [2.45, 2.75) is 18.6 Å². The first-order valence-corrected chi connectivity index (χ1v) is 8.43. The van der Waals surface area contributed by atoms with Gasteiger partial charge in [-0.1, -0.05) is 12.1 Å². The second-order valence-electron chi connectivity index (χ2n) is 6.59. The summed E-state index contributed by atoms with van der Waals surface area (Å²) in [5, 5.41) is 15.1. The highest BCUT2D eigenvalue weighted by molar-refractivity contribution is 5.94. The Morgan fingerprint density at radius 3 is 2.88 bits per heavy atom. The molecule has 1 saturated carbocycles. The number of fused-ring (bicyclic) bond motifs is 1. The Bertz CT molecular complexity index is 760. The number of carbonyl (C=O) groups excluding carboxylic acids is 1. The summed E-state index contributed by atoms with van der Waals surface area (Å²) < 4.78 is 11.0. The van der Waals surface area contributed by atoms with Gasteiger partial charge in [0.15, 0.2) is 0 Å². The fraction of sp³-hybridized carbons (Fsp3) is 0.529. The van der Waals surface area contributed by atoms with Gasteiger partial charge in [-0.15, -0.1) is 10.2 Å². The van der Waals surface area contributed by atoms with Crippen LogP contribution in [0, 0.1) is 11.8 Å². The van der Waals surface area contributed by atoms with Gasteiger partial charge in [-0.05, 0) is 23.8 Å². The summed E-state index contributed by atoms with van der Waals surface area (Å²) in [5.74, 6) is 1.09. The van der Waals surface area contributed by atoms with Crippen molar-refractivity contribution in [3.05, 3.63) is 29.8 Å². The minimum absolute atomic E-state index is 0.0740. The van der Waals surface area contributed by atoms with Gasteiger partial charge in [-0.25, -0.2) is 0 Å². The lowest BCUT2D eigenvalue weighted by Gasteiger charge is -2.47. The Kier molecular flexibility index (Phi) is 4.22. The second-order valence-corrected chi connectivity index (χ2v) is 6.59. The van der Waals surface area contributed by atoms with Gasteiger partial charge < -0.3 is 14.8 Å². The molecule has 1 N–H and O–H groups in total. The van der Waals surface area contributed by atoms with E-state index in [1.165, 1.54) is 4.80 Å². The van der Waals surface area contributed by atoms with Crippen molar-refractivity contribution in [3.8, 4) is 11.4 Å². The topological polar surface area (TPSA) is 91.2 Å². The number of aromatic nitrogens is 4. The van der Waals surface area contributed by atoms with Gasteiger partial charge in [0.25, 0.3) is 5.91 Å². The molecule has 4 rings (SSSR count). The fourth-order valence-corrected chi connectivity index (χ4v) is 3.84. The van der Waals surface area contributed by atoms with Gasteiger partial charge in [0.05, 0.1) is 19.8 Å². The van der Waals surface area contributed by atoms with Crippen LogP contribution in [0.2, 0.25) is 0 Å². The van der Waals surface area contributed by atoms with E-state index in [0.717, 1.165) is 18.6 Å². The lowest BCUT2D eigenvalue weighted by Crippen LogP contribution is -2.62. The molecule has 2 aromatic rings. The monoisotopic (exact) mass is 343 g/mol. The highest BCUT2D eigenvalue weighted by Gasteiger charge is 2.54. The highest BCUT2D eigenvalue weighted by Crippen LogP contribution is 2.43. The molecule has 1 amide bonds. The molecule has 25 heavy (non-hydrogen) atoms. The van der Waals surface area contributed by atoms with Crippen LogP contribution >= 0.6 is 0 Å². The number of amides is 1. The van der Waals surface area contributed by atoms with E-state index in [0.29, 0.717) is 23.9 Å². The Morgan fingerprint density at radius 2 is 2.20 bits per heavy atom. The Labute approximate surface area is 145 Å². The minimum Gasteiger partial charge on any atom is -0.384 e. The lowest BCUT2D eigenvalue weighted by molar-refractivity contribution is -0.0809. The van der Waals surface area contributed by atoms with Crippen molar-refractivity contribution in [1.82, 2.24) is 25.5 Å². The van der Waals surface area contributed by atoms with E-state index >= 15 is 0 Å². The Hall–Kier alpha value is -2.32. The van der Waals surface area contributed by atoms with Crippen LogP contribution in [0.25, 0.3) is 11.4 Å². The van der Waals surface area contributed by atoms with Gasteiger partial charge in [-0.2, -0.15) is 4.80 Å². The van der Waals surface area contributed by atoms with Crippen LogP contribution < -0.4 is 5.32 Å². The summed E-state index contributed by atoms with van der Waals surface area (Å²) in [6.45, 7) is 1.37. The van der Waals surface area contributed by atoms with E-state index in [2.05, 4.69) is 20.7 Å². The number of aryl methyl sites for hydroxylation is 1. The molecule has 0 radical (unpaired) electrons. The molecule has 132 valence electrons. The summed E-state index contributed by atoms with van der Waals surface area (Å²) in [5.41, 5.74) is 1.45. The van der Waals surface area contributed by atoms with E-state index in [-0.39, 0.29) is 24.0 Å². The normalized spacial score (nSPS) is 27.6. The molecule has 1 saturated heterocycles. The second kappa shape index (κ2) is 6.53. The average Bonchev–Trinajstić information content (AvgIpc) is 3.24. The van der Waals surface area contributed by atoms with Crippen LogP contribution in [0.5, 0.6) is 0 Å². The number of methoxy groups -OCH3 is 1. The third-order valence-electron chi connectivity index (χ3n) is 5.10. The summed E-state index contributed by atoms with van der Waals surface area (Å²) in [6, 6.07) is 7.35. The van der Waals surface area contributed by atoms with Crippen LogP contribution in [0.3, 0.4) is 0 Å². The zero-order valence-corrected chi connectivity index (χ0v) is 14.3. The van der Waals surface area contributed by atoms with Crippen molar-refractivity contribution in [1.29, 1.82) is 0 Å². The first kappa shape index (κ1) is 16.2. The van der Waals surface area contributed by atoms with Crippen LogP contribution in [0.1, 0.15) is 16.8 Å². The quantitative estimate of drug-likeness (QED) is 0.857. The maximum Gasteiger partial charge on any atom is 0.251 e. The summed E-state index contributed by atoms with van der Waals surface area (Å²) in [7, 11) is 3.40. The molecule has 2 aliphatic rings. The highest BCUT2D eigenvalue weighted by atomic mass is 16.5. The number of benzene rings is 1. The zero-order chi connectivity index (χ0) is 17.4. The molecule has 2 fully saturated rings. The average molecular weight is 343 g/mol. The van der Waals surface area contributed by atoms with E-state index < -0.39 is 0 Å². The third-order valence-corrected chi connectivity index (χ3v) is 5.10. The molecule has 4 atom stereocenters. The molecule has 2 heterocycles. The van der Waals surface area contributed by atoms with E-state index in [4.69, 9.17) is 9.47 Å². The van der Waals surface area contributed by atoms with E-state index in [1.54, 1.807) is 26.3 Å². The molecule has 0 spiro atoms. The smallest absolute Gasteiger partial charge is 0.251 e. The molecule has 1 aliphatic heterocycles. The standard InChI is InChI=1S/C17H21N5O3/c1-22-20-16(19-21-22)10-3-5-11(6-4-10)17(23)18-14-12-7-8-25-15(12)13(14)9-24-2/h3-6,12-15H,7-9H2,1-2H3,(H,18,23)/t12-,13+,14+,15-/m0/s1. The number of hydrogen-bond acceptors (Lipinski definition) is 6. The van der Waals surface area contributed by atoms with Crippen molar-refractivity contribution < 1.29 is 14.3 Å². The van der Waals surface area contributed by atoms with Crippen molar-refractivity contribution in [2.75, 3.05) is 20.3 Å². The molecular weight excluding hydrogens is 322 g/mol. The molecule has 1 aromatic carbocycles. The predicted octanol–water partition coefficient (Wildman–Crippen LogP) is 0.657. The van der Waals surface area contributed by atoms with E-state index in [1.807, 2.05) is 12.1 Å². The SMILES string of the molecule is COC[C@@H]1[C@H](NC(=O)c2ccc(-c3nnn(C)n3)cc2)[C@@H]2CCO[C@H]12. The van der Waals surface area contributed by atoms with Crippen molar-refractivity contribution in [2.24, 2.45) is 18.9 Å². The largest absolute Gasteiger partial charge is 0.384 e. The predicted molar refractivity (Wildman–Crippen MR) is 88.7 cm³/mol. The van der Waals surface area contributed by atoms with Crippen molar-refractivity contribution >= 4 is 5.91 Å². The van der Waals surface area contributed by atoms with Gasteiger partial charge in [0.2, 0.25) is 5.82 Å². The van der Waals surface area contributed by atoms with Crippen LogP contribution in [0.15, 0.2) is 24.3 Å². The molecular formula is C17H21N5O3. The van der Waals surface area contributed by atoms with Gasteiger partial charge in [0.1, 0.15) is 0 Å². The van der Waals surface area contributed by atoms with E-state index in [9.17, 15) is 4.79 Å². The van der Waals surface area contributed by atoms with Gasteiger partial charge in [-0.3, -0.25) is 4.79 Å². The van der Waals surface area contributed by atoms with Gasteiger partial charge >= 0.3 is 0 Å². The summed E-state index contributed by atoms with van der Waals surface area (Å²) >= 11 is 0. The fourth-order valence-electron chi connectivity index (χ4n) is 3.84. The van der Waals surface area contributed by atoms with Crippen molar-refractivity contribution in [3.63, 3.8) is 0 Å². The number of nitrogens with zero attached hydrogens (tertiary/aromatic N) is 4. The van der Waals surface area contributed by atoms with Crippen LogP contribution in [-0.4, -0.2) is 58.6 Å². The Balaban J connectivity index is 1.44. The molecule has 1 aromatic heterocycles. The van der Waals surface area contributed by atoms with Crippen LogP contribution in [-0.2, 0) is 16.5 Å². The number of rotatable bonds is 5. The number of nitrogens with one attached hydrogen (secondary N) is 1. The molecule has 8 heteroatoms.